The third-order valence-electron chi connectivity index (χ3n) is 5.62. The zero-order valence-corrected chi connectivity index (χ0v) is 16.9. The molecule has 5 nitrogen and oxygen atoms in total. The molecule has 1 amide bonds. The van der Waals surface area contributed by atoms with Gasteiger partial charge >= 0.3 is 0 Å². The van der Waals surface area contributed by atoms with Gasteiger partial charge in [-0.15, -0.1) is 0 Å². The van der Waals surface area contributed by atoms with Crippen LogP contribution in [0.15, 0.2) is 54.6 Å². The molecule has 154 valence electrons. The predicted molar refractivity (Wildman–Crippen MR) is 115 cm³/mol. The van der Waals surface area contributed by atoms with Gasteiger partial charge in [0.25, 0.3) is 0 Å². The van der Waals surface area contributed by atoms with Crippen molar-refractivity contribution in [3.63, 3.8) is 0 Å². The van der Waals surface area contributed by atoms with Crippen LogP contribution in [0.4, 0.5) is 5.69 Å². The zero-order valence-electron chi connectivity index (χ0n) is 16.9. The Morgan fingerprint density at radius 1 is 0.897 bits per heavy atom. The fraction of sp³-hybridized carbons (Fsp3) is 0.458. The molecule has 2 fully saturated rings. The van der Waals surface area contributed by atoms with E-state index in [9.17, 15) is 4.79 Å². The molecule has 2 aromatic carbocycles. The summed E-state index contributed by atoms with van der Waals surface area (Å²) < 4.78 is 11.6. The fourth-order valence-corrected chi connectivity index (χ4v) is 4.21. The van der Waals surface area contributed by atoms with Gasteiger partial charge in [-0.05, 0) is 37.3 Å². The minimum absolute atomic E-state index is 0.00405. The molecule has 2 saturated heterocycles. The molecule has 2 aromatic rings. The van der Waals surface area contributed by atoms with Crippen LogP contribution in [0.3, 0.4) is 0 Å². The van der Waals surface area contributed by atoms with E-state index in [2.05, 4.69) is 22.3 Å². The highest BCUT2D eigenvalue weighted by molar-refractivity contribution is 5.96. The maximum atomic E-state index is 12.9. The van der Waals surface area contributed by atoms with Gasteiger partial charge in [-0.3, -0.25) is 9.69 Å². The van der Waals surface area contributed by atoms with Crippen LogP contribution in [-0.2, 0) is 14.3 Å². The van der Waals surface area contributed by atoms with Crippen LogP contribution in [0.2, 0.25) is 0 Å². The van der Waals surface area contributed by atoms with Crippen LogP contribution in [0.5, 0.6) is 0 Å². The van der Waals surface area contributed by atoms with Gasteiger partial charge in [-0.1, -0.05) is 48.5 Å². The molecular weight excluding hydrogens is 364 g/mol. The minimum atomic E-state index is 0.00405. The number of hydrogen-bond donors (Lipinski definition) is 1. The van der Waals surface area contributed by atoms with Crippen LogP contribution < -0.4 is 5.32 Å². The Hall–Kier alpha value is -2.21. The number of carbonyl (C=O) groups excluding carboxylic acids is 1. The number of hydrogen-bond acceptors (Lipinski definition) is 4. The van der Waals surface area contributed by atoms with Gasteiger partial charge in [-0.25, -0.2) is 0 Å². The second-order valence-electron chi connectivity index (χ2n) is 7.92. The van der Waals surface area contributed by atoms with Gasteiger partial charge < -0.3 is 14.8 Å². The maximum absolute atomic E-state index is 12.9. The van der Waals surface area contributed by atoms with Gasteiger partial charge in [0, 0.05) is 37.6 Å². The molecule has 0 aromatic heterocycles. The van der Waals surface area contributed by atoms with Crippen LogP contribution in [0.1, 0.15) is 25.7 Å². The lowest BCUT2D eigenvalue weighted by Crippen LogP contribution is -2.42. The molecule has 2 aliphatic heterocycles. The Kier molecular flexibility index (Phi) is 6.93. The molecule has 0 radical (unpaired) electrons. The lowest BCUT2D eigenvalue weighted by molar-refractivity contribution is -0.118. The van der Waals surface area contributed by atoms with Crippen molar-refractivity contribution in [1.29, 1.82) is 0 Å². The van der Waals surface area contributed by atoms with Crippen molar-refractivity contribution in [3.8, 4) is 11.1 Å². The first kappa shape index (κ1) is 20.1. The Morgan fingerprint density at radius 3 is 2.14 bits per heavy atom. The maximum Gasteiger partial charge on any atom is 0.238 e. The summed E-state index contributed by atoms with van der Waals surface area (Å²) in [5, 5.41) is 3.13. The lowest BCUT2D eigenvalue weighted by atomic mass is 10.0. The van der Waals surface area contributed by atoms with Crippen molar-refractivity contribution in [3.05, 3.63) is 54.6 Å². The highest BCUT2D eigenvalue weighted by atomic mass is 16.5. The quantitative estimate of drug-likeness (QED) is 0.737. The average Bonchev–Trinajstić information content (AvgIpc) is 3.43. The molecule has 0 bridgehead atoms. The number of nitrogens with one attached hydrogen (secondary N) is 1. The van der Waals surface area contributed by atoms with E-state index < -0.39 is 0 Å². The van der Waals surface area contributed by atoms with Crippen molar-refractivity contribution in [1.82, 2.24) is 4.90 Å². The van der Waals surface area contributed by atoms with Crippen molar-refractivity contribution in [2.75, 3.05) is 38.2 Å². The number of ether oxygens (including phenoxy) is 2. The number of para-hydroxylation sites is 1. The van der Waals surface area contributed by atoms with E-state index in [0.717, 1.165) is 68.8 Å². The summed E-state index contributed by atoms with van der Waals surface area (Å²) >= 11 is 0. The number of nitrogens with zero attached hydrogens (tertiary/aromatic N) is 1. The Labute approximate surface area is 173 Å². The first-order valence-electron chi connectivity index (χ1n) is 10.7. The van der Waals surface area contributed by atoms with Crippen molar-refractivity contribution in [2.45, 2.75) is 37.9 Å². The third kappa shape index (κ3) is 5.66. The Morgan fingerprint density at radius 2 is 1.52 bits per heavy atom. The fourth-order valence-electron chi connectivity index (χ4n) is 4.21. The average molecular weight is 395 g/mol. The molecule has 0 unspecified atom stereocenters. The van der Waals surface area contributed by atoms with Crippen molar-refractivity contribution < 1.29 is 14.3 Å². The Bertz CT molecular complexity index is 766. The summed E-state index contributed by atoms with van der Waals surface area (Å²) in [5.41, 5.74) is 2.98. The van der Waals surface area contributed by atoms with Gasteiger partial charge in [-0.2, -0.15) is 0 Å². The van der Waals surface area contributed by atoms with E-state index >= 15 is 0 Å². The first-order chi connectivity index (χ1) is 14.3. The number of benzene rings is 2. The van der Waals surface area contributed by atoms with Crippen LogP contribution in [0, 0.1) is 0 Å². The molecule has 4 rings (SSSR count). The number of rotatable bonds is 8. The largest absolute Gasteiger partial charge is 0.377 e. The van der Waals surface area contributed by atoms with Crippen molar-refractivity contribution >= 4 is 11.6 Å². The molecule has 29 heavy (non-hydrogen) atoms. The summed E-state index contributed by atoms with van der Waals surface area (Å²) in [7, 11) is 0. The van der Waals surface area contributed by atoms with Gasteiger partial charge in [0.05, 0.1) is 18.8 Å². The molecule has 0 saturated carbocycles. The van der Waals surface area contributed by atoms with Crippen LogP contribution in [-0.4, -0.2) is 55.9 Å². The van der Waals surface area contributed by atoms with E-state index in [1.54, 1.807) is 0 Å². The van der Waals surface area contributed by atoms with Gasteiger partial charge in [0.15, 0.2) is 0 Å². The molecule has 2 aliphatic rings. The smallest absolute Gasteiger partial charge is 0.238 e. The zero-order chi connectivity index (χ0) is 19.9. The second-order valence-corrected chi connectivity index (χ2v) is 7.92. The van der Waals surface area contributed by atoms with Crippen LogP contribution >= 0.6 is 0 Å². The summed E-state index contributed by atoms with van der Waals surface area (Å²) in [5.74, 6) is 0.00405. The molecule has 2 atom stereocenters. The third-order valence-corrected chi connectivity index (χ3v) is 5.62. The number of carbonyl (C=O) groups is 1. The summed E-state index contributed by atoms with van der Waals surface area (Å²) in [6.07, 6.45) is 4.80. The topological polar surface area (TPSA) is 50.8 Å². The van der Waals surface area contributed by atoms with E-state index in [1.165, 1.54) is 0 Å². The van der Waals surface area contributed by atoms with Crippen LogP contribution in [0.25, 0.3) is 11.1 Å². The predicted octanol–water partition coefficient (Wildman–Crippen LogP) is 3.95. The second kappa shape index (κ2) is 10.0. The molecular formula is C24H30N2O3. The van der Waals surface area contributed by atoms with Crippen molar-refractivity contribution in [2.24, 2.45) is 0 Å². The molecule has 0 aliphatic carbocycles. The minimum Gasteiger partial charge on any atom is -0.377 e. The number of anilines is 1. The standard InChI is InChI=1S/C24H30N2O3/c27-24(25-23-13-5-4-12-22(23)19-8-2-1-3-9-19)18-26(16-20-10-6-14-28-20)17-21-11-7-15-29-21/h1-5,8-9,12-13,20-21H,6-7,10-11,14-18H2,(H,25,27)/t20-,21-/m1/s1. The van der Waals surface area contributed by atoms with E-state index in [4.69, 9.17) is 9.47 Å². The summed E-state index contributed by atoms with van der Waals surface area (Å²) in [6, 6.07) is 18.1. The highest BCUT2D eigenvalue weighted by Gasteiger charge is 2.25. The highest BCUT2D eigenvalue weighted by Crippen LogP contribution is 2.27. The first-order valence-corrected chi connectivity index (χ1v) is 10.7. The normalized spacial score (nSPS) is 21.6. The van der Waals surface area contributed by atoms with E-state index in [-0.39, 0.29) is 18.1 Å². The molecule has 0 spiro atoms. The molecule has 2 heterocycles. The molecule has 5 heteroatoms. The Balaban J connectivity index is 1.42. The summed E-state index contributed by atoms with van der Waals surface area (Å²) in [6.45, 7) is 3.58. The number of amides is 1. The van der Waals surface area contributed by atoms with Gasteiger partial charge in [0.1, 0.15) is 0 Å². The summed E-state index contributed by atoms with van der Waals surface area (Å²) in [4.78, 5) is 15.1. The lowest BCUT2D eigenvalue weighted by Gasteiger charge is -2.27. The van der Waals surface area contributed by atoms with Gasteiger partial charge in [0.2, 0.25) is 5.91 Å². The van der Waals surface area contributed by atoms with E-state index in [1.807, 2.05) is 42.5 Å². The van der Waals surface area contributed by atoms with E-state index in [0.29, 0.717) is 6.54 Å². The SMILES string of the molecule is O=C(CN(C[C@H]1CCCO1)C[C@H]1CCCO1)Nc1ccccc1-c1ccccc1. The molecule has 1 N–H and O–H groups in total. The monoisotopic (exact) mass is 394 g/mol.